The van der Waals surface area contributed by atoms with Gasteiger partial charge < -0.3 is 4.90 Å². The molecule has 1 fully saturated rings. The number of halogens is 2. The highest BCUT2D eigenvalue weighted by atomic mass is 35.5. The van der Waals surface area contributed by atoms with Crippen LogP contribution in [-0.4, -0.2) is 23.9 Å². The summed E-state index contributed by atoms with van der Waals surface area (Å²) in [7, 11) is 0. The molecule has 2 nitrogen and oxygen atoms in total. The maximum absolute atomic E-state index is 12.9. The lowest BCUT2D eigenvalue weighted by molar-refractivity contribution is 0.0638. The third-order valence-electron chi connectivity index (χ3n) is 4.95. The van der Waals surface area contributed by atoms with Crippen LogP contribution in [0.15, 0.2) is 61.2 Å². The molecule has 0 aliphatic carbocycles. The van der Waals surface area contributed by atoms with E-state index in [-0.39, 0.29) is 11.3 Å². The molecule has 1 heterocycles. The summed E-state index contributed by atoms with van der Waals surface area (Å²) >= 11 is 12.3. The highest BCUT2D eigenvalue weighted by Crippen LogP contribution is 2.40. The molecule has 1 aliphatic rings. The first-order valence-electron chi connectivity index (χ1n) is 8.46. The van der Waals surface area contributed by atoms with Gasteiger partial charge in [0.25, 0.3) is 5.91 Å². The molecule has 1 amide bonds. The minimum absolute atomic E-state index is 0.0776. The van der Waals surface area contributed by atoms with Crippen molar-refractivity contribution in [3.8, 4) is 0 Å². The van der Waals surface area contributed by atoms with Crippen molar-refractivity contribution in [1.82, 2.24) is 4.90 Å². The number of carbonyl (C=O) groups is 1. The highest BCUT2D eigenvalue weighted by molar-refractivity contribution is 6.42. The van der Waals surface area contributed by atoms with Gasteiger partial charge in [0, 0.05) is 24.1 Å². The van der Waals surface area contributed by atoms with Crippen LogP contribution in [0.3, 0.4) is 0 Å². The molecule has 0 N–H and O–H groups in total. The maximum Gasteiger partial charge on any atom is 0.253 e. The standard InChI is InChI=1S/C21H21Cl2NO/c1-2-11-21(17-9-10-18(22)19(23)14-17)12-6-13-24(15-21)20(25)16-7-4-3-5-8-16/h2-5,7-10,14H,1,6,11-13,15H2. The Morgan fingerprint density at radius 3 is 2.60 bits per heavy atom. The van der Waals surface area contributed by atoms with Crippen molar-refractivity contribution in [3.63, 3.8) is 0 Å². The van der Waals surface area contributed by atoms with Gasteiger partial charge in [-0.05, 0) is 49.1 Å². The third kappa shape index (κ3) is 3.75. The molecule has 0 radical (unpaired) electrons. The number of carbonyl (C=O) groups excluding carboxylic acids is 1. The maximum atomic E-state index is 12.9. The summed E-state index contributed by atoms with van der Waals surface area (Å²) in [6.07, 6.45) is 4.67. The molecule has 1 unspecified atom stereocenters. The van der Waals surface area contributed by atoms with Crippen LogP contribution in [0.1, 0.15) is 35.2 Å². The lowest BCUT2D eigenvalue weighted by Crippen LogP contribution is -2.48. The van der Waals surface area contributed by atoms with Crippen LogP contribution in [-0.2, 0) is 5.41 Å². The molecule has 0 aromatic heterocycles. The van der Waals surface area contributed by atoms with Crippen LogP contribution in [0.25, 0.3) is 0 Å². The number of allylic oxidation sites excluding steroid dienone is 1. The van der Waals surface area contributed by atoms with Crippen molar-refractivity contribution >= 4 is 29.1 Å². The zero-order valence-corrected chi connectivity index (χ0v) is 15.6. The lowest BCUT2D eigenvalue weighted by atomic mass is 9.71. The number of hydrogen-bond acceptors (Lipinski definition) is 1. The first kappa shape index (κ1) is 18.0. The predicted octanol–water partition coefficient (Wildman–Crippen LogP) is 5.74. The van der Waals surface area contributed by atoms with E-state index in [1.807, 2.05) is 59.5 Å². The van der Waals surface area contributed by atoms with Crippen LogP contribution in [0.4, 0.5) is 0 Å². The van der Waals surface area contributed by atoms with E-state index in [1.165, 1.54) is 0 Å². The van der Waals surface area contributed by atoms with E-state index < -0.39 is 0 Å². The topological polar surface area (TPSA) is 20.3 Å². The van der Waals surface area contributed by atoms with Gasteiger partial charge in [-0.25, -0.2) is 0 Å². The van der Waals surface area contributed by atoms with Crippen LogP contribution in [0.5, 0.6) is 0 Å². The van der Waals surface area contributed by atoms with E-state index >= 15 is 0 Å². The van der Waals surface area contributed by atoms with E-state index in [0.717, 1.165) is 36.9 Å². The lowest BCUT2D eigenvalue weighted by Gasteiger charge is -2.43. The van der Waals surface area contributed by atoms with Gasteiger partial charge in [0.05, 0.1) is 10.0 Å². The SMILES string of the molecule is C=CCC1(c2ccc(Cl)c(Cl)c2)CCCN(C(=O)c2ccccc2)C1. The van der Waals surface area contributed by atoms with Gasteiger partial charge in [-0.15, -0.1) is 6.58 Å². The van der Waals surface area contributed by atoms with Gasteiger partial charge in [-0.2, -0.15) is 0 Å². The van der Waals surface area contributed by atoms with Crippen LogP contribution in [0.2, 0.25) is 10.0 Å². The fourth-order valence-electron chi connectivity index (χ4n) is 3.69. The van der Waals surface area contributed by atoms with E-state index in [0.29, 0.717) is 16.6 Å². The Balaban J connectivity index is 1.92. The van der Waals surface area contributed by atoms with Crippen molar-refractivity contribution in [2.75, 3.05) is 13.1 Å². The summed E-state index contributed by atoms with van der Waals surface area (Å²) in [5, 5.41) is 1.10. The highest BCUT2D eigenvalue weighted by Gasteiger charge is 2.38. The van der Waals surface area contributed by atoms with Gasteiger partial charge in [-0.1, -0.05) is 53.5 Å². The number of nitrogens with zero attached hydrogens (tertiary/aromatic N) is 1. The van der Waals surface area contributed by atoms with Gasteiger partial charge in [0.15, 0.2) is 0 Å². The van der Waals surface area contributed by atoms with Crippen LogP contribution in [0, 0.1) is 0 Å². The minimum Gasteiger partial charge on any atom is -0.338 e. The molecule has 130 valence electrons. The zero-order chi connectivity index (χ0) is 17.9. The summed E-state index contributed by atoms with van der Waals surface area (Å²) in [5.74, 6) is 0.0776. The fraction of sp³-hybridized carbons (Fsp3) is 0.286. The van der Waals surface area contributed by atoms with Crippen molar-refractivity contribution in [2.45, 2.75) is 24.7 Å². The fourth-order valence-corrected chi connectivity index (χ4v) is 3.99. The van der Waals surface area contributed by atoms with Crippen molar-refractivity contribution < 1.29 is 4.79 Å². The second kappa shape index (κ2) is 7.63. The molecule has 1 saturated heterocycles. The summed E-state index contributed by atoms with van der Waals surface area (Å²) in [5.41, 5.74) is 1.68. The number of amides is 1. The van der Waals surface area contributed by atoms with Gasteiger partial charge in [0.2, 0.25) is 0 Å². The first-order chi connectivity index (χ1) is 12.1. The van der Waals surface area contributed by atoms with Gasteiger partial charge >= 0.3 is 0 Å². The first-order valence-corrected chi connectivity index (χ1v) is 9.22. The van der Waals surface area contributed by atoms with E-state index in [1.54, 1.807) is 0 Å². The number of hydrogen-bond donors (Lipinski definition) is 0. The molecule has 2 aromatic carbocycles. The Morgan fingerprint density at radius 1 is 1.16 bits per heavy atom. The zero-order valence-electron chi connectivity index (χ0n) is 14.1. The summed E-state index contributed by atoms with van der Waals surface area (Å²) in [6, 6.07) is 15.2. The minimum atomic E-state index is -0.168. The Bertz CT molecular complexity index is 775. The molecule has 4 heteroatoms. The molecule has 2 aromatic rings. The molecule has 25 heavy (non-hydrogen) atoms. The Morgan fingerprint density at radius 2 is 1.92 bits per heavy atom. The largest absolute Gasteiger partial charge is 0.338 e. The molecule has 3 rings (SSSR count). The van der Waals surface area contributed by atoms with Gasteiger partial charge in [0.1, 0.15) is 0 Å². The summed E-state index contributed by atoms with van der Waals surface area (Å²) in [4.78, 5) is 14.8. The second-order valence-electron chi connectivity index (χ2n) is 6.60. The number of piperidine rings is 1. The third-order valence-corrected chi connectivity index (χ3v) is 5.69. The monoisotopic (exact) mass is 373 g/mol. The average molecular weight is 374 g/mol. The molecule has 0 bridgehead atoms. The van der Waals surface area contributed by atoms with Gasteiger partial charge in [-0.3, -0.25) is 4.79 Å². The van der Waals surface area contributed by atoms with Crippen LogP contribution >= 0.6 is 23.2 Å². The molecule has 0 saturated carbocycles. The van der Waals surface area contributed by atoms with E-state index in [2.05, 4.69) is 6.58 Å². The average Bonchev–Trinajstić information content (AvgIpc) is 2.64. The predicted molar refractivity (Wildman–Crippen MR) is 105 cm³/mol. The summed E-state index contributed by atoms with van der Waals surface area (Å²) in [6.45, 7) is 5.36. The van der Waals surface area contributed by atoms with E-state index in [9.17, 15) is 4.79 Å². The molecule has 1 atom stereocenters. The van der Waals surface area contributed by atoms with Crippen molar-refractivity contribution in [1.29, 1.82) is 0 Å². The molecular weight excluding hydrogens is 353 g/mol. The number of benzene rings is 2. The Kier molecular flexibility index (Phi) is 5.51. The summed E-state index contributed by atoms with van der Waals surface area (Å²) < 4.78 is 0. The van der Waals surface area contributed by atoms with Crippen molar-refractivity contribution in [2.24, 2.45) is 0 Å². The Hall–Kier alpha value is -1.77. The van der Waals surface area contributed by atoms with Crippen molar-refractivity contribution in [3.05, 3.63) is 82.4 Å². The quantitative estimate of drug-likeness (QED) is 0.625. The number of likely N-dealkylation sites (tertiary alicyclic amines) is 1. The molecule has 0 spiro atoms. The van der Waals surface area contributed by atoms with E-state index in [4.69, 9.17) is 23.2 Å². The smallest absolute Gasteiger partial charge is 0.253 e. The molecular formula is C21H21Cl2NO. The van der Waals surface area contributed by atoms with Crippen LogP contribution < -0.4 is 0 Å². The molecule has 1 aliphatic heterocycles. The Labute approximate surface area is 159 Å². The number of rotatable bonds is 4. The second-order valence-corrected chi connectivity index (χ2v) is 7.41. The normalized spacial score (nSPS) is 20.3.